The van der Waals surface area contributed by atoms with Crippen molar-refractivity contribution in [2.45, 2.75) is 65.5 Å². The molecule has 1 fully saturated rings. The fourth-order valence-electron chi connectivity index (χ4n) is 2.94. The van der Waals surface area contributed by atoms with Crippen LogP contribution >= 0.6 is 15.2 Å². The van der Waals surface area contributed by atoms with Crippen LogP contribution in [-0.4, -0.2) is 49.8 Å². The van der Waals surface area contributed by atoms with E-state index >= 15 is 0 Å². The van der Waals surface area contributed by atoms with Crippen molar-refractivity contribution in [1.29, 1.82) is 0 Å². The van der Waals surface area contributed by atoms with Gasteiger partial charge in [-0.25, -0.2) is 9.13 Å². The second kappa shape index (κ2) is 12.1. The summed E-state index contributed by atoms with van der Waals surface area (Å²) in [6.07, 6.45) is 2.75. The van der Waals surface area contributed by atoms with Crippen molar-refractivity contribution in [2.24, 2.45) is 0 Å². The van der Waals surface area contributed by atoms with E-state index in [1.54, 1.807) is 27.7 Å². The fourth-order valence-corrected chi connectivity index (χ4v) is 5.57. The number of amides is 2. The van der Waals surface area contributed by atoms with Gasteiger partial charge in [0.1, 0.15) is 0 Å². The highest BCUT2D eigenvalue weighted by molar-refractivity contribution is 7.72. The van der Waals surface area contributed by atoms with Crippen molar-refractivity contribution in [3.63, 3.8) is 0 Å². The lowest BCUT2D eigenvalue weighted by Crippen LogP contribution is -2.52. The van der Waals surface area contributed by atoms with Gasteiger partial charge in [-0.1, -0.05) is 12.8 Å². The molecule has 10 nitrogen and oxygen atoms in total. The Morgan fingerprint density at radius 2 is 1.00 bits per heavy atom. The Morgan fingerprint density at radius 1 is 0.714 bits per heavy atom. The van der Waals surface area contributed by atoms with Crippen molar-refractivity contribution < 1.29 is 36.8 Å². The molecule has 0 spiro atoms. The minimum Gasteiger partial charge on any atom is -0.341 e. The van der Waals surface area contributed by atoms with Gasteiger partial charge in [-0.15, -0.1) is 0 Å². The average Bonchev–Trinajstić information content (AvgIpc) is 2.64. The van der Waals surface area contributed by atoms with Crippen LogP contribution in [0.2, 0.25) is 0 Å². The zero-order valence-corrected chi connectivity index (χ0v) is 18.8. The lowest BCUT2D eigenvalue weighted by atomic mass is 9.90. The Kier molecular flexibility index (Phi) is 10.9. The largest absolute Gasteiger partial charge is 0.418 e. The van der Waals surface area contributed by atoms with Crippen LogP contribution in [0.25, 0.3) is 0 Å². The SMILES string of the molecule is CCOP(=O)(OCC)C(=O)N[C@@H]1CCCC[C@H]1NC(=O)P(=O)(OCC)OCC. The van der Waals surface area contributed by atoms with E-state index in [9.17, 15) is 18.7 Å². The molecule has 1 rings (SSSR count). The minimum absolute atomic E-state index is 0.0570. The first-order valence-electron chi connectivity index (χ1n) is 9.66. The number of rotatable bonds is 12. The fraction of sp³-hybridized carbons (Fsp3) is 0.875. The van der Waals surface area contributed by atoms with E-state index in [2.05, 4.69) is 10.6 Å². The summed E-state index contributed by atoms with van der Waals surface area (Å²) in [4.78, 5) is 25.0. The molecule has 1 saturated carbocycles. The third-order valence-electron chi connectivity index (χ3n) is 4.08. The van der Waals surface area contributed by atoms with Gasteiger partial charge in [-0.2, -0.15) is 0 Å². The Labute approximate surface area is 166 Å². The first kappa shape index (κ1) is 25.3. The third kappa shape index (κ3) is 6.94. The Hall–Kier alpha value is -0.760. The van der Waals surface area contributed by atoms with Crippen LogP contribution in [0.3, 0.4) is 0 Å². The molecule has 12 heteroatoms. The zero-order valence-electron chi connectivity index (χ0n) is 17.0. The maximum absolute atomic E-state index is 12.6. The summed E-state index contributed by atoms with van der Waals surface area (Å²) in [5.74, 6) is 0. The van der Waals surface area contributed by atoms with Gasteiger partial charge >= 0.3 is 26.5 Å². The highest BCUT2D eigenvalue weighted by atomic mass is 31.2. The topological polar surface area (TPSA) is 129 Å². The number of carbonyl (C=O) groups excluding carboxylic acids is 2. The van der Waals surface area contributed by atoms with Crippen LogP contribution in [0.5, 0.6) is 0 Å². The number of hydrogen-bond donors (Lipinski definition) is 2. The molecule has 0 aromatic heterocycles. The average molecular weight is 442 g/mol. The first-order chi connectivity index (χ1) is 13.3. The highest BCUT2D eigenvalue weighted by Gasteiger charge is 2.41. The predicted octanol–water partition coefficient (Wildman–Crippen LogP) is 4.25. The monoisotopic (exact) mass is 442 g/mol. The molecule has 0 aromatic rings. The van der Waals surface area contributed by atoms with Crippen LogP contribution < -0.4 is 10.6 Å². The van der Waals surface area contributed by atoms with E-state index in [-0.39, 0.29) is 26.4 Å². The van der Waals surface area contributed by atoms with Crippen molar-refractivity contribution in [2.75, 3.05) is 26.4 Å². The molecule has 1 aliphatic rings. The highest BCUT2D eigenvalue weighted by Crippen LogP contribution is 2.50. The predicted molar refractivity (Wildman–Crippen MR) is 105 cm³/mol. The molecule has 0 unspecified atom stereocenters. The molecule has 0 radical (unpaired) electrons. The van der Waals surface area contributed by atoms with E-state index in [0.717, 1.165) is 12.8 Å². The molecule has 164 valence electrons. The number of hydrogen-bond acceptors (Lipinski definition) is 8. The van der Waals surface area contributed by atoms with Gasteiger partial charge in [0.25, 0.3) is 0 Å². The van der Waals surface area contributed by atoms with Crippen LogP contribution in [0, 0.1) is 0 Å². The van der Waals surface area contributed by atoms with Gasteiger partial charge < -0.3 is 28.7 Å². The van der Waals surface area contributed by atoms with E-state index in [1.165, 1.54) is 0 Å². The summed E-state index contributed by atoms with van der Waals surface area (Å²) >= 11 is 0. The Balaban J connectivity index is 2.88. The molecule has 0 aliphatic heterocycles. The molecule has 2 amide bonds. The van der Waals surface area contributed by atoms with Crippen LogP contribution in [0.4, 0.5) is 9.59 Å². The molecule has 28 heavy (non-hydrogen) atoms. The Bertz CT molecular complexity index is 543. The van der Waals surface area contributed by atoms with E-state index in [0.29, 0.717) is 12.8 Å². The minimum atomic E-state index is -3.96. The summed E-state index contributed by atoms with van der Waals surface area (Å²) in [5, 5.41) is 5.32. The standard InChI is InChI=1S/C16H32N2O8P2/c1-5-23-27(21,24-6-2)15(19)17-13-11-9-10-12-14(13)18-16(20)28(22,25-7-3)26-8-4/h13-14H,5-12H2,1-4H3,(H,17,19)(H,18,20)/t13-,14-/m1/s1. The van der Waals surface area contributed by atoms with E-state index in [1.807, 2.05) is 0 Å². The van der Waals surface area contributed by atoms with Gasteiger partial charge in [-0.3, -0.25) is 9.59 Å². The van der Waals surface area contributed by atoms with Gasteiger partial charge in [0.15, 0.2) is 0 Å². The number of carbonyl (C=O) groups is 2. The molecule has 2 atom stereocenters. The third-order valence-corrected chi connectivity index (χ3v) is 7.72. The van der Waals surface area contributed by atoms with E-state index in [4.69, 9.17) is 18.1 Å². The maximum atomic E-state index is 12.6. The number of nitrogens with one attached hydrogen (secondary N) is 2. The second-order valence-electron chi connectivity index (χ2n) is 6.06. The molecule has 0 heterocycles. The molecular formula is C16H32N2O8P2. The van der Waals surface area contributed by atoms with Crippen molar-refractivity contribution in [3.05, 3.63) is 0 Å². The molecular weight excluding hydrogens is 410 g/mol. The maximum Gasteiger partial charge on any atom is 0.418 e. The smallest absolute Gasteiger partial charge is 0.341 e. The summed E-state index contributed by atoms with van der Waals surface area (Å²) in [6.45, 7) is 6.68. The Morgan fingerprint density at radius 3 is 1.25 bits per heavy atom. The second-order valence-corrected chi connectivity index (χ2v) is 9.90. The molecule has 2 N–H and O–H groups in total. The van der Waals surface area contributed by atoms with Crippen molar-refractivity contribution in [3.8, 4) is 0 Å². The van der Waals surface area contributed by atoms with E-state index < -0.39 is 38.6 Å². The van der Waals surface area contributed by atoms with Gasteiger partial charge in [0.05, 0.1) is 26.4 Å². The molecule has 0 bridgehead atoms. The van der Waals surface area contributed by atoms with Crippen LogP contribution in [-0.2, 0) is 27.2 Å². The van der Waals surface area contributed by atoms with Crippen molar-refractivity contribution in [1.82, 2.24) is 10.6 Å². The van der Waals surface area contributed by atoms with Crippen LogP contribution in [0.1, 0.15) is 53.4 Å². The van der Waals surface area contributed by atoms with Gasteiger partial charge in [0, 0.05) is 12.1 Å². The molecule has 0 aromatic carbocycles. The normalized spacial score (nSPS) is 20.6. The quantitative estimate of drug-likeness (QED) is 0.429. The van der Waals surface area contributed by atoms with Crippen LogP contribution in [0.15, 0.2) is 0 Å². The summed E-state index contributed by atoms with van der Waals surface area (Å²) < 4.78 is 45.5. The molecule has 0 saturated heterocycles. The van der Waals surface area contributed by atoms with Gasteiger partial charge in [-0.05, 0) is 40.5 Å². The lowest BCUT2D eigenvalue weighted by Gasteiger charge is -2.33. The summed E-state index contributed by atoms with van der Waals surface area (Å²) in [5.41, 5.74) is -1.69. The summed E-state index contributed by atoms with van der Waals surface area (Å²) in [7, 11) is -7.92. The zero-order chi connectivity index (χ0) is 21.2. The lowest BCUT2D eigenvalue weighted by molar-refractivity contribution is 0.195. The molecule has 1 aliphatic carbocycles. The van der Waals surface area contributed by atoms with Gasteiger partial charge in [0.2, 0.25) is 0 Å². The first-order valence-corrected chi connectivity index (χ1v) is 12.7. The summed E-state index contributed by atoms with van der Waals surface area (Å²) in [6, 6.07) is -1.01. The van der Waals surface area contributed by atoms with Crippen molar-refractivity contribution >= 4 is 26.5 Å².